The van der Waals surface area contributed by atoms with Gasteiger partial charge in [0.25, 0.3) is 0 Å². The molecule has 0 unspecified atom stereocenters. The van der Waals surface area contributed by atoms with Gasteiger partial charge in [0.1, 0.15) is 16.5 Å². The molecule has 70 valence electrons. The first-order valence-electron chi connectivity index (χ1n) is 4.06. The minimum atomic E-state index is 0.140. The van der Waals surface area contributed by atoms with E-state index in [1.807, 2.05) is 6.07 Å². The Morgan fingerprint density at radius 3 is 3.08 bits per heavy atom. The van der Waals surface area contributed by atoms with E-state index < -0.39 is 0 Å². The van der Waals surface area contributed by atoms with Gasteiger partial charge in [0.15, 0.2) is 0 Å². The zero-order chi connectivity index (χ0) is 9.42. The van der Waals surface area contributed by atoms with Crippen molar-refractivity contribution in [3.05, 3.63) is 16.7 Å². The average molecular weight is 200 g/mol. The zero-order valence-corrected chi connectivity index (χ0v) is 7.98. The summed E-state index contributed by atoms with van der Waals surface area (Å²) in [5.74, 6) is 0.647. The molecule has 13 heavy (non-hydrogen) atoms. The van der Waals surface area contributed by atoms with Gasteiger partial charge < -0.3 is 15.2 Å². The van der Waals surface area contributed by atoms with E-state index in [9.17, 15) is 5.11 Å². The van der Waals surface area contributed by atoms with Gasteiger partial charge in [-0.2, -0.15) is 0 Å². The maximum Gasteiger partial charge on any atom is 0.143 e. The third-order valence-corrected chi connectivity index (χ3v) is 2.59. The molecule has 1 heterocycles. The second kappa shape index (κ2) is 3.00. The lowest BCUT2D eigenvalue weighted by Crippen LogP contribution is -1.91. The first kappa shape index (κ1) is 8.51. The summed E-state index contributed by atoms with van der Waals surface area (Å²) >= 11 is 5.87. The predicted molar refractivity (Wildman–Crippen MR) is 51.9 cm³/mol. The van der Waals surface area contributed by atoms with Crippen LogP contribution in [0.4, 0.5) is 5.69 Å². The van der Waals surface area contributed by atoms with Crippen LogP contribution in [0.25, 0.3) is 0 Å². The smallest absolute Gasteiger partial charge is 0.143 e. The second-order valence-corrected chi connectivity index (χ2v) is 3.32. The Morgan fingerprint density at radius 2 is 2.38 bits per heavy atom. The first-order valence-corrected chi connectivity index (χ1v) is 4.44. The van der Waals surface area contributed by atoms with Gasteiger partial charge in [-0.15, -0.1) is 0 Å². The number of methoxy groups -OCH3 is 1. The molecule has 0 aliphatic carbocycles. The molecular weight excluding hydrogens is 190 g/mol. The maximum absolute atomic E-state index is 9.68. The molecule has 1 aliphatic rings. The summed E-state index contributed by atoms with van der Waals surface area (Å²) in [6.45, 7) is 0.840. The Labute approximate surface area is 81.3 Å². The van der Waals surface area contributed by atoms with Crippen LogP contribution in [-0.4, -0.2) is 18.8 Å². The van der Waals surface area contributed by atoms with Crippen LogP contribution in [-0.2, 0) is 6.42 Å². The fourth-order valence-corrected chi connectivity index (χ4v) is 1.79. The standard InChI is InChI=1S/C9H10ClNO2/c1-13-7-4-6-5(2-3-11-6)9(12)8(7)10/h4,11-12H,2-3H2,1H3. The summed E-state index contributed by atoms with van der Waals surface area (Å²) in [5, 5.41) is 13.1. The molecule has 0 fully saturated rings. The maximum atomic E-state index is 9.68. The van der Waals surface area contributed by atoms with Crippen LogP contribution < -0.4 is 10.1 Å². The van der Waals surface area contributed by atoms with Crippen molar-refractivity contribution in [3.63, 3.8) is 0 Å². The minimum Gasteiger partial charge on any atom is -0.506 e. The third kappa shape index (κ3) is 1.20. The number of fused-ring (bicyclic) bond motifs is 1. The highest BCUT2D eigenvalue weighted by atomic mass is 35.5. The van der Waals surface area contributed by atoms with E-state index in [0.717, 1.165) is 24.2 Å². The molecule has 1 aliphatic heterocycles. The minimum absolute atomic E-state index is 0.140. The van der Waals surface area contributed by atoms with Crippen molar-refractivity contribution in [1.29, 1.82) is 0 Å². The third-order valence-electron chi connectivity index (χ3n) is 2.22. The molecule has 0 radical (unpaired) electrons. The van der Waals surface area contributed by atoms with Crippen LogP contribution >= 0.6 is 11.6 Å². The van der Waals surface area contributed by atoms with Crippen LogP contribution in [0.2, 0.25) is 5.02 Å². The number of hydrogen-bond acceptors (Lipinski definition) is 3. The van der Waals surface area contributed by atoms with E-state index in [4.69, 9.17) is 16.3 Å². The SMILES string of the molecule is COc1cc2c(c(O)c1Cl)CCN2. The van der Waals surface area contributed by atoms with Crippen LogP contribution in [0.15, 0.2) is 6.07 Å². The summed E-state index contributed by atoms with van der Waals surface area (Å²) in [6.07, 6.45) is 0.810. The summed E-state index contributed by atoms with van der Waals surface area (Å²) in [4.78, 5) is 0. The molecular formula is C9H10ClNO2. The predicted octanol–water partition coefficient (Wildman–Crippen LogP) is 2.02. The topological polar surface area (TPSA) is 41.5 Å². The van der Waals surface area contributed by atoms with Crippen molar-refractivity contribution in [2.24, 2.45) is 0 Å². The molecule has 1 aromatic rings. The molecule has 2 N–H and O–H groups in total. The van der Waals surface area contributed by atoms with Gasteiger partial charge in [-0.05, 0) is 6.42 Å². The highest BCUT2D eigenvalue weighted by molar-refractivity contribution is 6.33. The van der Waals surface area contributed by atoms with Crippen molar-refractivity contribution in [3.8, 4) is 11.5 Å². The van der Waals surface area contributed by atoms with E-state index in [-0.39, 0.29) is 5.75 Å². The molecule has 3 nitrogen and oxygen atoms in total. The van der Waals surface area contributed by atoms with Gasteiger partial charge in [-0.25, -0.2) is 0 Å². The lowest BCUT2D eigenvalue weighted by Gasteiger charge is -2.09. The van der Waals surface area contributed by atoms with Gasteiger partial charge in [-0.1, -0.05) is 11.6 Å². The number of hydrogen-bond donors (Lipinski definition) is 2. The molecule has 0 saturated carbocycles. The van der Waals surface area contributed by atoms with Crippen molar-refractivity contribution in [2.45, 2.75) is 6.42 Å². The van der Waals surface area contributed by atoms with E-state index >= 15 is 0 Å². The Bertz CT molecular complexity index is 351. The Hall–Kier alpha value is -1.09. The number of ether oxygens (including phenoxy) is 1. The summed E-state index contributed by atoms with van der Waals surface area (Å²) < 4.78 is 5.02. The van der Waals surface area contributed by atoms with Gasteiger partial charge in [0.2, 0.25) is 0 Å². The number of halogens is 1. The van der Waals surface area contributed by atoms with Crippen LogP contribution in [0, 0.1) is 0 Å². The van der Waals surface area contributed by atoms with Crippen LogP contribution in [0.5, 0.6) is 11.5 Å². The highest BCUT2D eigenvalue weighted by Gasteiger charge is 2.20. The van der Waals surface area contributed by atoms with Crippen LogP contribution in [0.1, 0.15) is 5.56 Å². The quantitative estimate of drug-likeness (QED) is 0.727. The molecule has 0 bridgehead atoms. The van der Waals surface area contributed by atoms with Gasteiger partial charge in [0, 0.05) is 23.9 Å². The van der Waals surface area contributed by atoms with Crippen molar-refractivity contribution >= 4 is 17.3 Å². The number of phenolic OH excluding ortho intramolecular Hbond substituents is 1. The number of nitrogens with one attached hydrogen (secondary N) is 1. The Balaban J connectivity index is 2.61. The molecule has 0 amide bonds. The monoisotopic (exact) mass is 199 g/mol. The number of anilines is 1. The zero-order valence-electron chi connectivity index (χ0n) is 7.22. The highest BCUT2D eigenvalue weighted by Crippen LogP contribution is 2.42. The normalized spacial score (nSPS) is 13.7. The van der Waals surface area contributed by atoms with Crippen LogP contribution in [0.3, 0.4) is 0 Å². The Morgan fingerprint density at radius 1 is 1.62 bits per heavy atom. The number of benzene rings is 1. The fraction of sp³-hybridized carbons (Fsp3) is 0.333. The molecule has 0 spiro atoms. The van der Waals surface area contributed by atoms with E-state index in [1.54, 1.807) is 0 Å². The summed E-state index contributed by atoms with van der Waals surface area (Å²) in [5.41, 5.74) is 1.80. The summed E-state index contributed by atoms with van der Waals surface area (Å²) in [6, 6.07) is 1.81. The van der Waals surface area contributed by atoms with E-state index in [0.29, 0.717) is 10.8 Å². The van der Waals surface area contributed by atoms with Crippen molar-refractivity contribution in [2.75, 3.05) is 19.0 Å². The lowest BCUT2D eigenvalue weighted by atomic mass is 10.1. The largest absolute Gasteiger partial charge is 0.506 e. The second-order valence-electron chi connectivity index (χ2n) is 2.94. The summed E-state index contributed by atoms with van der Waals surface area (Å²) in [7, 11) is 1.53. The Kier molecular flexibility index (Phi) is 1.96. The molecule has 0 aromatic heterocycles. The number of aromatic hydroxyl groups is 1. The van der Waals surface area contributed by atoms with E-state index in [2.05, 4.69) is 5.32 Å². The molecule has 0 atom stereocenters. The molecule has 0 saturated heterocycles. The lowest BCUT2D eigenvalue weighted by molar-refractivity contribution is 0.407. The van der Waals surface area contributed by atoms with Crippen molar-refractivity contribution in [1.82, 2.24) is 0 Å². The molecule has 4 heteroatoms. The number of rotatable bonds is 1. The fourth-order valence-electron chi connectivity index (χ4n) is 1.54. The molecule has 1 aromatic carbocycles. The van der Waals surface area contributed by atoms with E-state index in [1.165, 1.54) is 7.11 Å². The molecule has 2 rings (SSSR count). The van der Waals surface area contributed by atoms with Gasteiger partial charge in [0.05, 0.1) is 7.11 Å². The average Bonchev–Trinajstić information content (AvgIpc) is 2.59. The van der Waals surface area contributed by atoms with Gasteiger partial charge in [-0.3, -0.25) is 0 Å². The van der Waals surface area contributed by atoms with Crippen molar-refractivity contribution < 1.29 is 9.84 Å². The first-order chi connectivity index (χ1) is 6.24. The number of phenols is 1. The van der Waals surface area contributed by atoms with Gasteiger partial charge >= 0.3 is 0 Å².